The third-order valence-electron chi connectivity index (χ3n) is 1.38. The van der Waals surface area contributed by atoms with Crippen molar-refractivity contribution in [3.8, 4) is 0 Å². The van der Waals surface area contributed by atoms with Gasteiger partial charge in [-0.25, -0.2) is 4.79 Å². The maximum atomic E-state index is 11.0. The van der Waals surface area contributed by atoms with Gasteiger partial charge in [0.05, 0.1) is 5.02 Å². The van der Waals surface area contributed by atoms with E-state index in [0.29, 0.717) is 5.76 Å². The molecule has 1 heterocycles. The van der Waals surface area contributed by atoms with Crippen molar-refractivity contribution < 1.29 is 9.21 Å². The van der Waals surface area contributed by atoms with Crippen LogP contribution in [0, 0.1) is 6.92 Å². The molecular formula is C8H7ClO3. The van der Waals surface area contributed by atoms with Gasteiger partial charge < -0.3 is 4.42 Å². The summed E-state index contributed by atoms with van der Waals surface area (Å²) in [4.78, 5) is 21.9. The lowest BCUT2D eigenvalue weighted by Gasteiger charge is -1.97. The number of Topliss-reactive ketones (excluding diaryl/α,β-unsaturated/α-hetero) is 1. The second kappa shape index (κ2) is 3.11. The molecule has 0 fully saturated rings. The Labute approximate surface area is 74.0 Å². The number of hydrogen-bond acceptors (Lipinski definition) is 3. The fourth-order valence-corrected chi connectivity index (χ4v) is 1.25. The average molecular weight is 187 g/mol. The molecule has 0 amide bonds. The molecule has 0 saturated carbocycles. The lowest BCUT2D eigenvalue weighted by atomic mass is 10.2. The molecule has 0 unspecified atom stereocenters. The molecule has 0 aliphatic heterocycles. The van der Waals surface area contributed by atoms with E-state index in [2.05, 4.69) is 4.42 Å². The molecule has 0 bridgehead atoms. The number of aryl methyl sites for hydroxylation is 1. The lowest BCUT2D eigenvalue weighted by molar-refractivity contribution is 0.101. The van der Waals surface area contributed by atoms with E-state index in [1.54, 1.807) is 6.92 Å². The first kappa shape index (κ1) is 9.00. The van der Waals surface area contributed by atoms with E-state index in [1.807, 2.05) is 0 Å². The van der Waals surface area contributed by atoms with Crippen LogP contribution in [0.4, 0.5) is 0 Å². The SMILES string of the molecule is CC(=O)c1c(Cl)cc(C)oc1=O. The van der Waals surface area contributed by atoms with Crippen molar-refractivity contribution in [1.29, 1.82) is 0 Å². The van der Waals surface area contributed by atoms with Crippen LogP contribution in [0.1, 0.15) is 23.0 Å². The molecule has 64 valence electrons. The van der Waals surface area contributed by atoms with E-state index < -0.39 is 5.63 Å². The van der Waals surface area contributed by atoms with Gasteiger partial charge in [0.2, 0.25) is 0 Å². The van der Waals surface area contributed by atoms with Crippen LogP contribution >= 0.6 is 11.6 Å². The van der Waals surface area contributed by atoms with E-state index in [9.17, 15) is 9.59 Å². The summed E-state index contributed by atoms with van der Waals surface area (Å²) in [5.41, 5.74) is -0.755. The third kappa shape index (κ3) is 1.56. The van der Waals surface area contributed by atoms with Crippen molar-refractivity contribution in [2.45, 2.75) is 13.8 Å². The summed E-state index contributed by atoms with van der Waals surface area (Å²) in [7, 11) is 0. The fraction of sp³-hybridized carbons (Fsp3) is 0.250. The fourth-order valence-electron chi connectivity index (χ4n) is 0.887. The van der Waals surface area contributed by atoms with Gasteiger partial charge in [-0.3, -0.25) is 4.79 Å². The molecule has 1 rings (SSSR count). The topological polar surface area (TPSA) is 47.3 Å². The first-order chi connectivity index (χ1) is 5.52. The summed E-state index contributed by atoms with van der Waals surface area (Å²) in [5, 5.41) is 0.149. The Bertz CT molecular complexity index is 378. The Morgan fingerprint density at radius 3 is 2.58 bits per heavy atom. The van der Waals surface area contributed by atoms with Crippen LogP contribution < -0.4 is 5.63 Å². The van der Waals surface area contributed by atoms with Crippen LogP contribution in [-0.2, 0) is 0 Å². The summed E-state index contributed by atoms with van der Waals surface area (Å²) in [6.07, 6.45) is 0. The average Bonchev–Trinajstić information content (AvgIpc) is 1.82. The summed E-state index contributed by atoms with van der Waals surface area (Å²) >= 11 is 5.65. The van der Waals surface area contributed by atoms with E-state index in [-0.39, 0.29) is 16.4 Å². The summed E-state index contributed by atoms with van der Waals surface area (Å²) < 4.78 is 4.69. The Morgan fingerprint density at radius 1 is 1.58 bits per heavy atom. The second-order valence-electron chi connectivity index (χ2n) is 2.42. The van der Waals surface area contributed by atoms with E-state index in [1.165, 1.54) is 13.0 Å². The van der Waals surface area contributed by atoms with Crippen LogP contribution in [0.25, 0.3) is 0 Å². The van der Waals surface area contributed by atoms with Crippen LogP contribution in [0.3, 0.4) is 0 Å². The van der Waals surface area contributed by atoms with Crippen LogP contribution in [-0.4, -0.2) is 5.78 Å². The molecule has 1 aromatic rings. The molecule has 0 aliphatic rings. The maximum absolute atomic E-state index is 11.0. The minimum absolute atomic E-state index is 0.0812. The van der Waals surface area contributed by atoms with Gasteiger partial charge in [0.25, 0.3) is 0 Å². The van der Waals surface area contributed by atoms with Crippen molar-refractivity contribution in [1.82, 2.24) is 0 Å². The highest BCUT2D eigenvalue weighted by atomic mass is 35.5. The zero-order valence-electron chi connectivity index (χ0n) is 6.68. The van der Waals surface area contributed by atoms with E-state index in [4.69, 9.17) is 11.6 Å². The largest absolute Gasteiger partial charge is 0.428 e. The van der Waals surface area contributed by atoms with Gasteiger partial charge in [-0.2, -0.15) is 0 Å². The number of halogens is 1. The molecule has 4 heteroatoms. The minimum atomic E-state index is -0.674. The molecule has 0 atom stereocenters. The van der Waals surface area contributed by atoms with Crippen molar-refractivity contribution in [2.75, 3.05) is 0 Å². The highest BCUT2D eigenvalue weighted by Crippen LogP contribution is 2.13. The number of rotatable bonds is 1. The monoisotopic (exact) mass is 186 g/mol. The zero-order chi connectivity index (χ0) is 9.30. The first-order valence-corrected chi connectivity index (χ1v) is 3.71. The Balaban J connectivity index is 3.49. The summed E-state index contributed by atoms with van der Waals surface area (Å²) in [6, 6.07) is 1.44. The predicted molar refractivity (Wildman–Crippen MR) is 44.7 cm³/mol. The van der Waals surface area contributed by atoms with Crippen LogP contribution in [0.15, 0.2) is 15.3 Å². The smallest absolute Gasteiger partial charge is 0.348 e. The van der Waals surface area contributed by atoms with Gasteiger partial charge in [-0.15, -0.1) is 0 Å². The number of carbonyl (C=O) groups is 1. The van der Waals surface area contributed by atoms with E-state index >= 15 is 0 Å². The number of carbonyl (C=O) groups excluding carboxylic acids is 1. The highest BCUT2D eigenvalue weighted by molar-refractivity contribution is 6.33. The molecule has 0 N–H and O–H groups in total. The Hall–Kier alpha value is -1.09. The van der Waals surface area contributed by atoms with Gasteiger partial charge in [0.1, 0.15) is 11.3 Å². The molecule has 0 radical (unpaired) electrons. The van der Waals surface area contributed by atoms with Crippen molar-refractivity contribution in [3.63, 3.8) is 0 Å². The Morgan fingerprint density at radius 2 is 2.17 bits per heavy atom. The minimum Gasteiger partial charge on any atom is -0.428 e. The molecule has 1 aromatic heterocycles. The van der Waals surface area contributed by atoms with Gasteiger partial charge in [-0.1, -0.05) is 11.6 Å². The predicted octanol–water partition coefficient (Wildman–Crippen LogP) is 1.80. The van der Waals surface area contributed by atoms with Crippen LogP contribution in [0.5, 0.6) is 0 Å². The molecule has 0 aliphatic carbocycles. The molecular weight excluding hydrogens is 180 g/mol. The lowest BCUT2D eigenvalue weighted by Crippen LogP contribution is -2.12. The summed E-state index contributed by atoms with van der Waals surface area (Å²) in [6.45, 7) is 2.87. The Kier molecular flexibility index (Phi) is 2.33. The third-order valence-corrected chi connectivity index (χ3v) is 1.68. The summed E-state index contributed by atoms with van der Waals surface area (Å²) in [5.74, 6) is 0.0174. The van der Waals surface area contributed by atoms with E-state index in [0.717, 1.165) is 0 Å². The van der Waals surface area contributed by atoms with Gasteiger partial charge in [0.15, 0.2) is 5.78 Å². The standard InChI is InChI=1S/C8H7ClO3/c1-4-3-6(9)7(5(2)10)8(11)12-4/h3H,1-2H3. The molecule has 3 nitrogen and oxygen atoms in total. The van der Waals surface area contributed by atoms with Crippen LogP contribution in [0.2, 0.25) is 5.02 Å². The first-order valence-electron chi connectivity index (χ1n) is 3.33. The normalized spacial score (nSPS) is 9.92. The molecule has 0 saturated heterocycles. The highest BCUT2D eigenvalue weighted by Gasteiger charge is 2.12. The quantitative estimate of drug-likeness (QED) is 0.629. The molecule has 0 spiro atoms. The number of hydrogen-bond donors (Lipinski definition) is 0. The van der Waals surface area contributed by atoms with Gasteiger partial charge in [0, 0.05) is 0 Å². The molecule has 0 aromatic carbocycles. The molecule has 12 heavy (non-hydrogen) atoms. The van der Waals surface area contributed by atoms with Crippen molar-refractivity contribution in [3.05, 3.63) is 32.8 Å². The second-order valence-corrected chi connectivity index (χ2v) is 2.83. The maximum Gasteiger partial charge on any atom is 0.348 e. The number of ketones is 1. The van der Waals surface area contributed by atoms with Crippen molar-refractivity contribution >= 4 is 17.4 Å². The van der Waals surface area contributed by atoms with Gasteiger partial charge in [-0.05, 0) is 19.9 Å². The van der Waals surface area contributed by atoms with Crippen molar-refractivity contribution in [2.24, 2.45) is 0 Å². The van der Waals surface area contributed by atoms with Gasteiger partial charge >= 0.3 is 5.63 Å². The zero-order valence-corrected chi connectivity index (χ0v) is 7.44.